The standard InChI is InChI=1S/C21H25N7O/c1-15-22-7-6-19(26-15)25-13-16-4-3-5-17(12-16)21(29)28-11-10-27(2)18(14-28)20-23-8-9-24-20/h3-9,12,18H,10-11,13-14H2,1-2H3,(H,23,24)(H,22,25,26). The van der Waals surface area contributed by atoms with Crippen LogP contribution in [-0.2, 0) is 6.54 Å². The van der Waals surface area contributed by atoms with Gasteiger partial charge in [0, 0.05) is 50.3 Å². The van der Waals surface area contributed by atoms with Gasteiger partial charge >= 0.3 is 0 Å². The van der Waals surface area contributed by atoms with Crippen molar-refractivity contribution in [3.63, 3.8) is 0 Å². The molecule has 1 aliphatic rings. The van der Waals surface area contributed by atoms with Crippen LogP contribution in [0, 0.1) is 6.92 Å². The van der Waals surface area contributed by atoms with Gasteiger partial charge in [0.25, 0.3) is 5.91 Å². The number of anilines is 1. The lowest BCUT2D eigenvalue weighted by atomic mass is 10.1. The van der Waals surface area contributed by atoms with E-state index in [0.717, 1.165) is 29.6 Å². The predicted molar refractivity (Wildman–Crippen MR) is 110 cm³/mol. The molecule has 3 aromatic rings. The van der Waals surface area contributed by atoms with Crippen LogP contribution in [0.5, 0.6) is 0 Å². The fraction of sp³-hybridized carbons (Fsp3) is 0.333. The second-order valence-electron chi connectivity index (χ2n) is 7.27. The molecule has 1 unspecified atom stereocenters. The van der Waals surface area contributed by atoms with Gasteiger partial charge in [-0.1, -0.05) is 12.1 Å². The van der Waals surface area contributed by atoms with E-state index >= 15 is 0 Å². The molecule has 1 aromatic carbocycles. The molecule has 0 saturated carbocycles. The average Bonchev–Trinajstić information content (AvgIpc) is 3.27. The van der Waals surface area contributed by atoms with Crippen molar-refractivity contribution in [2.24, 2.45) is 0 Å². The summed E-state index contributed by atoms with van der Waals surface area (Å²) in [5, 5.41) is 3.28. The summed E-state index contributed by atoms with van der Waals surface area (Å²) in [7, 11) is 2.07. The van der Waals surface area contributed by atoms with E-state index in [-0.39, 0.29) is 11.9 Å². The number of hydrogen-bond acceptors (Lipinski definition) is 6. The van der Waals surface area contributed by atoms with E-state index in [1.165, 1.54) is 0 Å². The van der Waals surface area contributed by atoms with E-state index in [9.17, 15) is 4.79 Å². The number of carbonyl (C=O) groups excluding carboxylic acids is 1. The van der Waals surface area contributed by atoms with Gasteiger partial charge in [0.05, 0.1) is 6.04 Å². The Morgan fingerprint density at radius 3 is 2.93 bits per heavy atom. The smallest absolute Gasteiger partial charge is 0.253 e. The highest BCUT2D eigenvalue weighted by Crippen LogP contribution is 2.22. The fourth-order valence-corrected chi connectivity index (χ4v) is 3.56. The number of benzene rings is 1. The minimum absolute atomic E-state index is 0.0504. The highest BCUT2D eigenvalue weighted by molar-refractivity contribution is 5.94. The van der Waals surface area contributed by atoms with Crippen molar-refractivity contribution < 1.29 is 4.79 Å². The number of aryl methyl sites for hydroxylation is 1. The number of piperazine rings is 1. The summed E-state index contributed by atoms with van der Waals surface area (Å²) in [5.74, 6) is 2.44. The number of aromatic amines is 1. The number of nitrogens with zero attached hydrogens (tertiary/aromatic N) is 5. The number of amides is 1. The molecule has 2 aromatic heterocycles. The second-order valence-corrected chi connectivity index (χ2v) is 7.27. The van der Waals surface area contributed by atoms with Gasteiger partial charge in [-0.15, -0.1) is 0 Å². The Labute approximate surface area is 170 Å². The first kappa shape index (κ1) is 19.1. The molecular formula is C21H25N7O. The van der Waals surface area contributed by atoms with Crippen molar-refractivity contribution in [3.8, 4) is 0 Å². The van der Waals surface area contributed by atoms with Crippen molar-refractivity contribution in [1.82, 2.24) is 29.7 Å². The number of likely N-dealkylation sites (N-methyl/N-ethyl adjacent to an activating group) is 1. The maximum absolute atomic E-state index is 13.1. The number of rotatable bonds is 5. The molecule has 0 radical (unpaired) electrons. The van der Waals surface area contributed by atoms with Crippen molar-refractivity contribution in [1.29, 1.82) is 0 Å². The van der Waals surface area contributed by atoms with Crippen molar-refractivity contribution in [2.75, 3.05) is 32.0 Å². The number of imidazole rings is 1. The lowest BCUT2D eigenvalue weighted by Crippen LogP contribution is -2.49. The van der Waals surface area contributed by atoms with Crippen molar-refractivity contribution >= 4 is 11.7 Å². The number of carbonyl (C=O) groups is 1. The molecule has 1 saturated heterocycles. The van der Waals surface area contributed by atoms with E-state index in [4.69, 9.17) is 0 Å². The van der Waals surface area contributed by atoms with Gasteiger partial charge < -0.3 is 15.2 Å². The highest BCUT2D eigenvalue weighted by atomic mass is 16.2. The maximum atomic E-state index is 13.1. The van der Waals surface area contributed by atoms with Gasteiger partial charge in [-0.25, -0.2) is 15.0 Å². The molecule has 0 bridgehead atoms. The van der Waals surface area contributed by atoms with Crippen LogP contribution < -0.4 is 5.32 Å². The second kappa shape index (κ2) is 8.40. The molecule has 0 spiro atoms. The third-order valence-electron chi connectivity index (χ3n) is 5.19. The van der Waals surface area contributed by atoms with Gasteiger partial charge in [0.1, 0.15) is 17.5 Å². The van der Waals surface area contributed by atoms with E-state index in [1.54, 1.807) is 12.4 Å². The SMILES string of the molecule is Cc1nccc(NCc2cccc(C(=O)N3CCN(C)C(c4ncc[nH]4)C3)c2)n1. The first-order valence-electron chi connectivity index (χ1n) is 9.71. The Morgan fingerprint density at radius 1 is 1.24 bits per heavy atom. The molecule has 3 heterocycles. The van der Waals surface area contributed by atoms with Gasteiger partial charge in [-0.2, -0.15) is 0 Å². The fourth-order valence-electron chi connectivity index (χ4n) is 3.56. The summed E-state index contributed by atoms with van der Waals surface area (Å²) >= 11 is 0. The van der Waals surface area contributed by atoms with Crippen molar-refractivity contribution in [3.05, 3.63) is 71.7 Å². The van der Waals surface area contributed by atoms with Crippen molar-refractivity contribution in [2.45, 2.75) is 19.5 Å². The summed E-state index contributed by atoms with van der Waals surface area (Å²) in [6, 6.07) is 9.67. The predicted octanol–water partition coefficient (Wildman–Crippen LogP) is 2.25. The molecule has 0 aliphatic carbocycles. The lowest BCUT2D eigenvalue weighted by Gasteiger charge is -2.38. The average molecular weight is 391 g/mol. The monoisotopic (exact) mass is 391 g/mol. The van der Waals surface area contributed by atoms with Gasteiger partial charge in [-0.3, -0.25) is 9.69 Å². The molecule has 8 nitrogen and oxygen atoms in total. The Balaban J connectivity index is 1.44. The molecule has 8 heteroatoms. The third kappa shape index (κ3) is 4.43. The molecule has 1 fully saturated rings. The molecule has 29 heavy (non-hydrogen) atoms. The summed E-state index contributed by atoms with van der Waals surface area (Å²) < 4.78 is 0. The van der Waals surface area contributed by atoms with Gasteiger partial charge in [0.2, 0.25) is 0 Å². The lowest BCUT2D eigenvalue weighted by molar-refractivity contribution is 0.0534. The number of nitrogens with one attached hydrogen (secondary N) is 2. The molecular weight excluding hydrogens is 366 g/mol. The van der Waals surface area contributed by atoms with E-state index in [2.05, 4.69) is 37.2 Å². The number of hydrogen-bond donors (Lipinski definition) is 2. The molecule has 150 valence electrons. The van der Waals surface area contributed by atoms with E-state index in [1.807, 2.05) is 48.4 Å². The summed E-state index contributed by atoms with van der Waals surface area (Å²) in [4.78, 5) is 33.3. The van der Waals surface area contributed by atoms with Crippen LogP contribution in [0.4, 0.5) is 5.82 Å². The molecule has 4 rings (SSSR count). The van der Waals surface area contributed by atoms with Crippen LogP contribution in [0.3, 0.4) is 0 Å². The van der Waals surface area contributed by atoms with Crippen LogP contribution >= 0.6 is 0 Å². The topological polar surface area (TPSA) is 90.0 Å². The largest absolute Gasteiger partial charge is 0.366 e. The van der Waals surface area contributed by atoms with Gasteiger partial charge in [-0.05, 0) is 37.7 Å². The first-order chi connectivity index (χ1) is 14.1. The van der Waals surface area contributed by atoms with E-state index in [0.29, 0.717) is 25.2 Å². The Morgan fingerprint density at radius 2 is 2.14 bits per heavy atom. The molecule has 2 N–H and O–H groups in total. The first-order valence-corrected chi connectivity index (χ1v) is 9.71. The van der Waals surface area contributed by atoms with E-state index < -0.39 is 0 Å². The van der Waals surface area contributed by atoms with Crippen LogP contribution in [0.2, 0.25) is 0 Å². The number of H-pyrrole nitrogens is 1. The van der Waals surface area contributed by atoms with Gasteiger partial charge in [0.15, 0.2) is 0 Å². The molecule has 1 atom stereocenters. The zero-order chi connectivity index (χ0) is 20.2. The van der Waals surface area contributed by atoms with Crippen LogP contribution in [0.1, 0.15) is 33.6 Å². The zero-order valence-corrected chi connectivity index (χ0v) is 16.7. The number of aromatic nitrogens is 4. The highest BCUT2D eigenvalue weighted by Gasteiger charge is 2.30. The quantitative estimate of drug-likeness (QED) is 0.693. The maximum Gasteiger partial charge on any atom is 0.253 e. The van der Waals surface area contributed by atoms with Crippen LogP contribution in [0.25, 0.3) is 0 Å². The summed E-state index contributed by atoms with van der Waals surface area (Å²) in [5.41, 5.74) is 1.73. The zero-order valence-electron chi connectivity index (χ0n) is 16.7. The molecule has 1 amide bonds. The van der Waals surface area contributed by atoms with Crippen LogP contribution in [0.15, 0.2) is 48.9 Å². The Kier molecular flexibility index (Phi) is 5.53. The summed E-state index contributed by atoms with van der Waals surface area (Å²) in [6.45, 7) is 4.58. The Bertz CT molecular complexity index is 973. The molecule has 1 aliphatic heterocycles. The minimum Gasteiger partial charge on any atom is -0.366 e. The summed E-state index contributed by atoms with van der Waals surface area (Å²) in [6.07, 6.45) is 5.30. The third-order valence-corrected chi connectivity index (χ3v) is 5.19. The minimum atomic E-state index is 0.0504. The normalized spacial score (nSPS) is 17.3. The van der Waals surface area contributed by atoms with Crippen LogP contribution in [-0.4, -0.2) is 62.3 Å². The Hall–Kier alpha value is -3.26.